The van der Waals surface area contributed by atoms with E-state index in [0.29, 0.717) is 17.9 Å². The van der Waals surface area contributed by atoms with Gasteiger partial charge in [-0.1, -0.05) is 6.07 Å². The van der Waals surface area contributed by atoms with Crippen LogP contribution in [0.15, 0.2) is 47.8 Å². The molecular weight excluding hydrogens is 358 g/mol. The number of benzene rings is 2. The first-order valence-electron chi connectivity index (χ1n) is 8.65. The Balaban J connectivity index is 1.67. The molecule has 3 rings (SSSR count). The van der Waals surface area contributed by atoms with Crippen molar-refractivity contribution >= 4 is 28.6 Å². The van der Waals surface area contributed by atoms with Gasteiger partial charge in [-0.2, -0.15) is 0 Å². The third-order valence-corrected chi connectivity index (χ3v) is 4.91. The van der Waals surface area contributed by atoms with Crippen LogP contribution in [0.5, 0.6) is 5.75 Å². The van der Waals surface area contributed by atoms with Crippen molar-refractivity contribution in [2.75, 3.05) is 24.3 Å². The van der Waals surface area contributed by atoms with Gasteiger partial charge in [-0.3, -0.25) is 4.79 Å². The van der Waals surface area contributed by atoms with Crippen LogP contribution in [-0.2, 0) is 6.61 Å². The highest BCUT2D eigenvalue weighted by Crippen LogP contribution is 2.23. The maximum absolute atomic E-state index is 12.6. The van der Waals surface area contributed by atoms with Gasteiger partial charge in [-0.25, -0.2) is 4.98 Å². The Morgan fingerprint density at radius 2 is 2.00 bits per heavy atom. The molecule has 1 aromatic heterocycles. The average Bonchev–Trinajstić information content (AvgIpc) is 3.05. The molecule has 0 bridgehead atoms. The summed E-state index contributed by atoms with van der Waals surface area (Å²) in [5, 5.41) is 5.94. The summed E-state index contributed by atoms with van der Waals surface area (Å²) in [7, 11) is 4.00. The fraction of sp³-hybridized carbons (Fsp3) is 0.238. The van der Waals surface area contributed by atoms with Crippen molar-refractivity contribution in [3.63, 3.8) is 0 Å². The SMILES string of the molecule is Cc1nc(COc2cccc(C(=O)Nc3ccc(N(C)C)c(C)c3)c2)cs1. The van der Waals surface area contributed by atoms with E-state index in [0.717, 1.165) is 27.6 Å². The number of aromatic nitrogens is 1. The molecule has 1 amide bonds. The van der Waals surface area contributed by atoms with Crippen molar-refractivity contribution in [3.8, 4) is 5.75 Å². The van der Waals surface area contributed by atoms with Crippen molar-refractivity contribution in [2.24, 2.45) is 0 Å². The second kappa shape index (κ2) is 8.22. The lowest BCUT2D eigenvalue weighted by Crippen LogP contribution is -2.13. The largest absolute Gasteiger partial charge is 0.487 e. The van der Waals surface area contributed by atoms with Crippen molar-refractivity contribution < 1.29 is 9.53 Å². The lowest BCUT2D eigenvalue weighted by molar-refractivity contribution is 0.102. The Morgan fingerprint density at radius 3 is 2.67 bits per heavy atom. The molecule has 0 saturated heterocycles. The van der Waals surface area contributed by atoms with Gasteiger partial charge in [0.2, 0.25) is 0 Å². The molecule has 0 spiro atoms. The molecule has 0 atom stereocenters. The molecule has 0 saturated carbocycles. The summed E-state index contributed by atoms with van der Waals surface area (Å²) in [6.45, 7) is 4.38. The van der Waals surface area contributed by atoms with Gasteiger partial charge >= 0.3 is 0 Å². The molecule has 2 aromatic carbocycles. The van der Waals surface area contributed by atoms with Crippen LogP contribution in [0.3, 0.4) is 0 Å². The quantitative estimate of drug-likeness (QED) is 0.675. The van der Waals surface area contributed by atoms with Crippen molar-refractivity contribution in [3.05, 3.63) is 69.7 Å². The molecular formula is C21H23N3O2S. The monoisotopic (exact) mass is 381 g/mol. The lowest BCUT2D eigenvalue weighted by Gasteiger charge is -2.16. The van der Waals surface area contributed by atoms with Gasteiger partial charge in [0.15, 0.2) is 0 Å². The molecule has 5 nitrogen and oxygen atoms in total. The van der Waals surface area contributed by atoms with Crippen LogP contribution < -0.4 is 15.0 Å². The number of hydrogen-bond acceptors (Lipinski definition) is 5. The first-order chi connectivity index (χ1) is 12.9. The molecule has 1 N–H and O–H groups in total. The molecule has 0 radical (unpaired) electrons. The number of carbonyl (C=O) groups is 1. The van der Waals surface area contributed by atoms with E-state index >= 15 is 0 Å². The summed E-state index contributed by atoms with van der Waals surface area (Å²) in [5.74, 6) is 0.481. The number of aryl methyl sites for hydroxylation is 2. The number of ether oxygens (including phenoxy) is 1. The van der Waals surface area contributed by atoms with Gasteiger partial charge in [0.1, 0.15) is 12.4 Å². The third-order valence-electron chi connectivity index (χ3n) is 4.09. The zero-order chi connectivity index (χ0) is 19.4. The summed E-state index contributed by atoms with van der Waals surface area (Å²) >= 11 is 1.59. The average molecular weight is 382 g/mol. The molecule has 0 aliphatic carbocycles. The maximum atomic E-state index is 12.6. The van der Waals surface area contributed by atoms with E-state index in [2.05, 4.69) is 10.3 Å². The number of hydrogen-bond donors (Lipinski definition) is 1. The standard InChI is InChI=1S/C21H23N3O2S/c1-14-10-17(8-9-20(14)24(3)4)23-21(25)16-6-5-7-19(11-16)26-12-18-13-27-15(2)22-18/h5-11,13H,12H2,1-4H3,(H,23,25). The van der Waals surface area contributed by atoms with E-state index in [1.54, 1.807) is 23.5 Å². The highest BCUT2D eigenvalue weighted by molar-refractivity contribution is 7.09. The number of amides is 1. The molecule has 0 unspecified atom stereocenters. The van der Waals surface area contributed by atoms with Gasteiger partial charge in [-0.15, -0.1) is 11.3 Å². The van der Waals surface area contributed by atoms with Crippen molar-refractivity contribution in [2.45, 2.75) is 20.5 Å². The maximum Gasteiger partial charge on any atom is 0.255 e. The van der Waals surface area contributed by atoms with Crippen molar-refractivity contribution in [1.29, 1.82) is 0 Å². The van der Waals surface area contributed by atoms with Gasteiger partial charge in [0.05, 0.1) is 10.7 Å². The first kappa shape index (κ1) is 18.9. The number of anilines is 2. The molecule has 3 aromatic rings. The Hall–Kier alpha value is -2.86. The number of carbonyl (C=O) groups excluding carboxylic acids is 1. The number of thiazole rings is 1. The highest BCUT2D eigenvalue weighted by Gasteiger charge is 2.09. The smallest absolute Gasteiger partial charge is 0.255 e. The van der Waals surface area contributed by atoms with E-state index in [4.69, 9.17) is 4.74 Å². The molecule has 0 aliphatic rings. The van der Waals surface area contributed by atoms with Gasteiger partial charge in [0, 0.05) is 36.4 Å². The van der Waals surface area contributed by atoms with Crippen LogP contribution in [0.2, 0.25) is 0 Å². The van der Waals surface area contributed by atoms with E-state index in [9.17, 15) is 4.79 Å². The normalized spacial score (nSPS) is 10.5. The topological polar surface area (TPSA) is 54.5 Å². The van der Waals surface area contributed by atoms with Gasteiger partial charge < -0.3 is 15.0 Å². The fourth-order valence-corrected chi connectivity index (χ4v) is 3.39. The molecule has 1 heterocycles. The van der Waals surface area contributed by atoms with Crippen LogP contribution in [0, 0.1) is 13.8 Å². The van der Waals surface area contributed by atoms with E-state index in [1.165, 1.54) is 0 Å². The summed E-state index contributed by atoms with van der Waals surface area (Å²) in [6.07, 6.45) is 0. The zero-order valence-electron chi connectivity index (χ0n) is 15.9. The molecule has 27 heavy (non-hydrogen) atoms. The van der Waals surface area contributed by atoms with Crippen LogP contribution >= 0.6 is 11.3 Å². The number of nitrogens with zero attached hydrogens (tertiary/aromatic N) is 2. The Labute approximate surface area is 163 Å². The summed E-state index contributed by atoms with van der Waals surface area (Å²) in [6, 6.07) is 13.1. The molecule has 6 heteroatoms. The van der Waals surface area contributed by atoms with E-state index in [1.807, 2.05) is 68.6 Å². The summed E-state index contributed by atoms with van der Waals surface area (Å²) < 4.78 is 5.77. The van der Waals surface area contributed by atoms with Crippen LogP contribution in [0.1, 0.15) is 26.6 Å². The number of rotatable bonds is 6. The Bertz CT molecular complexity index is 950. The Morgan fingerprint density at radius 1 is 1.19 bits per heavy atom. The summed E-state index contributed by atoms with van der Waals surface area (Å²) in [5.41, 5.74) is 4.45. The predicted octanol–water partition coefficient (Wildman–Crippen LogP) is 4.66. The minimum atomic E-state index is -0.165. The van der Waals surface area contributed by atoms with E-state index < -0.39 is 0 Å². The van der Waals surface area contributed by atoms with Crippen LogP contribution in [0.25, 0.3) is 0 Å². The zero-order valence-corrected chi connectivity index (χ0v) is 16.8. The predicted molar refractivity (Wildman–Crippen MR) is 111 cm³/mol. The molecule has 0 aliphatic heterocycles. The minimum absolute atomic E-state index is 0.165. The van der Waals surface area contributed by atoms with Gasteiger partial charge in [0.25, 0.3) is 5.91 Å². The fourth-order valence-electron chi connectivity index (χ4n) is 2.80. The second-order valence-electron chi connectivity index (χ2n) is 6.52. The van der Waals surface area contributed by atoms with Crippen LogP contribution in [0.4, 0.5) is 11.4 Å². The minimum Gasteiger partial charge on any atom is -0.487 e. The van der Waals surface area contributed by atoms with Crippen LogP contribution in [-0.4, -0.2) is 25.0 Å². The van der Waals surface area contributed by atoms with Gasteiger partial charge in [-0.05, 0) is 55.8 Å². The molecule has 0 fully saturated rings. The highest BCUT2D eigenvalue weighted by atomic mass is 32.1. The first-order valence-corrected chi connectivity index (χ1v) is 9.53. The van der Waals surface area contributed by atoms with Crippen molar-refractivity contribution in [1.82, 2.24) is 4.98 Å². The number of nitrogens with one attached hydrogen (secondary N) is 1. The third kappa shape index (κ3) is 4.86. The van der Waals surface area contributed by atoms with E-state index in [-0.39, 0.29) is 5.91 Å². The second-order valence-corrected chi connectivity index (χ2v) is 7.59. The lowest BCUT2D eigenvalue weighted by atomic mass is 10.1. The Kier molecular flexibility index (Phi) is 5.76. The summed E-state index contributed by atoms with van der Waals surface area (Å²) in [4.78, 5) is 19.0. The molecule has 140 valence electrons.